The van der Waals surface area contributed by atoms with Crippen LogP contribution in [0.15, 0.2) is 53.0 Å². The van der Waals surface area contributed by atoms with E-state index in [-0.39, 0.29) is 5.82 Å². The van der Waals surface area contributed by atoms with Crippen LogP contribution in [0.5, 0.6) is 0 Å². The van der Waals surface area contributed by atoms with Crippen molar-refractivity contribution >= 4 is 21.6 Å². The van der Waals surface area contributed by atoms with E-state index in [0.717, 1.165) is 12.1 Å². The fourth-order valence-corrected chi connectivity index (χ4v) is 3.58. The van der Waals surface area contributed by atoms with Crippen LogP contribution in [0.2, 0.25) is 0 Å². The lowest BCUT2D eigenvalue weighted by molar-refractivity contribution is 0.405. The highest BCUT2D eigenvalue weighted by molar-refractivity contribution is 9.10. The summed E-state index contributed by atoms with van der Waals surface area (Å²) in [4.78, 5) is 0. The van der Waals surface area contributed by atoms with Gasteiger partial charge in [0.15, 0.2) is 0 Å². The van der Waals surface area contributed by atoms with E-state index >= 15 is 0 Å². The second-order valence-corrected chi connectivity index (χ2v) is 6.54. The third-order valence-corrected chi connectivity index (χ3v) is 4.87. The summed E-state index contributed by atoms with van der Waals surface area (Å²) in [6.45, 7) is 0. The summed E-state index contributed by atoms with van der Waals surface area (Å²) in [6, 6.07) is 16.3. The molecule has 110 valence electrons. The van der Waals surface area contributed by atoms with Crippen LogP contribution in [0.1, 0.15) is 37.2 Å². The molecule has 0 aliphatic heterocycles. The standard InChI is InChI=1S/C18H19BrFN/c19-16-12-14(10-11-17(16)20)21-18-9-5-4-8-15(18)13-6-2-1-3-7-13/h1-3,6-7,10-12,15,18,21H,4-5,8-9H2. The molecule has 0 spiro atoms. The van der Waals surface area contributed by atoms with Crippen molar-refractivity contribution in [1.29, 1.82) is 0 Å². The Morgan fingerprint density at radius 2 is 1.76 bits per heavy atom. The van der Waals surface area contributed by atoms with Crippen LogP contribution in [-0.2, 0) is 0 Å². The lowest BCUT2D eigenvalue weighted by atomic mass is 9.80. The van der Waals surface area contributed by atoms with Crippen LogP contribution in [0, 0.1) is 5.82 Å². The van der Waals surface area contributed by atoms with Gasteiger partial charge >= 0.3 is 0 Å². The number of benzene rings is 2. The molecule has 0 aromatic heterocycles. The molecule has 21 heavy (non-hydrogen) atoms. The van der Waals surface area contributed by atoms with E-state index in [1.165, 1.54) is 30.9 Å². The summed E-state index contributed by atoms with van der Waals surface area (Å²) < 4.78 is 13.9. The summed E-state index contributed by atoms with van der Waals surface area (Å²) in [6.07, 6.45) is 4.91. The summed E-state index contributed by atoms with van der Waals surface area (Å²) in [5, 5.41) is 3.60. The minimum atomic E-state index is -0.219. The second-order valence-electron chi connectivity index (χ2n) is 5.68. The quantitative estimate of drug-likeness (QED) is 0.747. The molecular weight excluding hydrogens is 329 g/mol. The molecule has 0 heterocycles. The Labute approximate surface area is 133 Å². The van der Waals surface area contributed by atoms with Crippen molar-refractivity contribution in [1.82, 2.24) is 0 Å². The minimum Gasteiger partial charge on any atom is -0.382 e. The van der Waals surface area contributed by atoms with E-state index in [1.807, 2.05) is 12.1 Å². The Hall–Kier alpha value is -1.35. The average molecular weight is 348 g/mol. The fraction of sp³-hybridized carbons (Fsp3) is 0.333. The Balaban J connectivity index is 1.79. The van der Waals surface area contributed by atoms with Gasteiger partial charge in [0, 0.05) is 17.6 Å². The van der Waals surface area contributed by atoms with Gasteiger partial charge < -0.3 is 5.32 Å². The summed E-state index contributed by atoms with van der Waals surface area (Å²) in [5.41, 5.74) is 2.38. The lowest BCUT2D eigenvalue weighted by Crippen LogP contribution is -2.30. The molecule has 1 aliphatic carbocycles. The molecule has 1 saturated carbocycles. The number of halogens is 2. The first-order valence-electron chi connectivity index (χ1n) is 7.50. The SMILES string of the molecule is Fc1ccc(NC2CCCCC2c2ccccc2)cc1Br. The van der Waals surface area contributed by atoms with Crippen molar-refractivity contribution in [3.8, 4) is 0 Å². The van der Waals surface area contributed by atoms with E-state index in [0.29, 0.717) is 16.4 Å². The van der Waals surface area contributed by atoms with Crippen molar-refractivity contribution in [2.24, 2.45) is 0 Å². The maximum atomic E-state index is 13.3. The molecule has 2 aromatic carbocycles. The van der Waals surface area contributed by atoms with Crippen molar-refractivity contribution in [3.63, 3.8) is 0 Å². The molecule has 1 N–H and O–H groups in total. The Bertz CT molecular complexity index is 599. The summed E-state index contributed by atoms with van der Waals surface area (Å²) in [7, 11) is 0. The first-order chi connectivity index (χ1) is 10.2. The number of hydrogen-bond donors (Lipinski definition) is 1. The molecule has 1 fully saturated rings. The third-order valence-electron chi connectivity index (χ3n) is 4.27. The molecule has 1 aliphatic rings. The maximum Gasteiger partial charge on any atom is 0.137 e. The Kier molecular flexibility index (Phi) is 4.59. The Morgan fingerprint density at radius 3 is 2.52 bits per heavy atom. The number of hydrogen-bond acceptors (Lipinski definition) is 1. The lowest BCUT2D eigenvalue weighted by Gasteiger charge is -2.33. The average Bonchev–Trinajstić information content (AvgIpc) is 2.52. The van der Waals surface area contributed by atoms with Crippen molar-refractivity contribution in [2.45, 2.75) is 37.6 Å². The van der Waals surface area contributed by atoms with E-state index in [2.05, 4.69) is 51.6 Å². The van der Waals surface area contributed by atoms with Crippen LogP contribution in [0.3, 0.4) is 0 Å². The van der Waals surface area contributed by atoms with E-state index in [1.54, 1.807) is 0 Å². The van der Waals surface area contributed by atoms with E-state index < -0.39 is 0 Å². The molecule has 0 amide bonds. The van der Waals surface area contributed by atoms with Gasteiger partial charge in [-0.05, 0) is 52.5 Å². The second kappa shape index (κ2) is 6.61. The van der Waals surface area contributed by atoms with Gasteiger partial charge in [-0.25, -0.2) is 4.39 Å². The molecule has 2 unspecified atom stereocenters. The first-order valence-corrected chi connectivity index (χ1v) is 8.30. The molecule has 0 bridgehead atoms. The largest absolute Gasteiger partial charge is 0.382 e. The van der Waals surface area contributed by atoms with E-state index in [4.69, 9.17) is 0 Å². The Morgan fingerprint density at radius 1 is 1.00 bits per heavy atom. The zero-order chi connectivity index (χ0) is 14.7. The highest BCUT2D eigenvalue weighted by Crippen LogP contribution is 2.35. The van der Waals surface area contributed by atoms with Gasteiger partial charge in [-0.2, -0.15) is 0 Å². The van der Waals surface area contributed by atoms with Crippen molar-refractivity contribution in [3.05, 3.63) is 64.4 Å². The van der Waals surface area contributed by atoms with Crippen LogP contribution in [0.4, 0.5) is 10.1 Å². The van der Waals surface area contributed by atoms with E-state index in [9.17, 15) is 4.39 Å². The highest BCUT2D eigenvalue weighted by Gasteiger charge is 2.26. The van der Waals surface area contributed by atoms with Gasteiger partial charge in [0.05, 0.1) is 4.47 Å². The van der Waals surface area contributed by atoms with Crippen LogP contribution in [0.25, 0.3) is 0 Å². The molecule has 1 nitrogen and oxygen atoms in total. The predicted molar refractivity (Wildman–Crippen MR) is 89.2 cm³/mol. The van der Waals surface area contributed by atoms with Crippen LogP contribution >= 0.6 is 15.9 Å². The third kappa shape index (κ3) is 3.46. The van der Waals surface area contributed by atoms with Gasteiger partial charge in [0.2, 0.25) is 0 Å². The normalized spacial score (nSPS) is 22.0. The molecule has 3 rings (SSSR count). The summed E-state index contributed by atoms with van der Waals surface area (Å²) in [5.74, 6) is 0.313. The summed E-state index contributed by atoms with van der Waals surface area (Å²) >= 11 is 3.26. The van der Waals surface area contributed by atoms with Crippen LogP contribution in [-0.4, -0.2) is 6.04 Å². The highest BCUT2D eigenvalue weighted by atomic mass is 79.9. The fourth-order valence-electron chi connectivity index (χ4n) is 3.20. The molecule has 3 heteroatoms. The smallest absolute Gasteiger partial charge is 0.137 e. The zero-order valence-electron chi connectivity index (χ0n) is 11.9. The van der Waals surface area contributed by atoms with Gasteiger partial charge in [0.25, 0.3) is 0 Å². The topological polar surface area (TPSA) is 12.0 Å². The van der Waals surface area contributed by atoms with Gasteiger partial charge in [-0.3, -0.25) is 0 Å². The van der Waals surface area contributed by atoms with Gasteiger partial charge in [0.1, 0.15) is 5.82 Å². The number of nitrogens with one attached hydrogen (secondary N) is 1. The number of anilines is 1. The molecule has 2 atom stereocenters. The van der Waals surface area contributed by atoms with Crippen molar-refractivity contribution in [2.75, 3.05) is 5.32 Å². The molecular formula is C18H19BrFN. The maximum absolute atomic E-state index is 13.3. The predicted octanol–water partition coefficient (Wildman–Crippen LogP) is 5.73. The first kappa shape index (κ1) is 14.6. The minimum absolute atomic E-state index is 0.219. The van der Waals surface area contributed by atoms with Crippen molar-refractivity contribution < 1.29 is 4.39 Å². The molecule has 0 radical (unpaired) electrons. The zero-order valence-corrected chi connectivity index (χ0v) is 13.4. The monoisotopic (exact) mass is 347 g/mol. The van der Waals surface area contributed by atoms with Gasteiger partial charge in [-0.15, -0.1) is 0 Å². The molecule has 2 aromatic rings. The van der Waals surface area contributed by atoms with Crippen LogP contribution < -0.4 is 5.32 Å². The van der Waals surface area contributed by atoms with Gasteiger partial charge in [-0.1, -0.05) is 43.2 Å². The molecule has 0 saturated heterocycles. The number of rotatable bonds is 3.